The summed E-state index contributed by atoms with van der Waals surface area (Å²) in [6.07, 6.45) is 0. The van der Waals surface area contributed by atoms with E-state index in [4.69, 9.17) is 0 Å². The van der Waals surface area contributed by atoms with Crippen molar-refractivity contribution in [2.75, 3.05) is 13.7 Å². The molecule has 0 atom stereocenters. The third-order valence-corrected chi connectivity index (χ3v) is 3.46. The monoisotopic (exact) mass is 361 g/mol. The van der Waals surface area contributed by atoms with Crippen LogP contribution in [0.5, 0.6) is 0 Å². The van der Waals surface area contributed by atoms with Crippen molar-refractivity contribution in [1.82, 2.24) is 4.90 Å². The molecule has 4 nitrogen and oxygen atoms in total. The number of hydrogen-bond acceptors (Lipinski definition) is 3. The van der Waals surface area contributed by atoms with Crippen molar-refractivity contribution in [3.05, 3.63) is 33.4 Å². The number of benzene rings is 1. The van der Waals surface area contributed by atoms with Crippen LogP contribution < -0.4 is 0 Å². The molecule has 1 amide bonds. The summed E-state index contributed by atoms with van der Waals surface area (Å²) in [4.78, 5) is 25.2. The lowest BCUT2D eigenvalue weighted by molar-refractivity contribution is -0.141. The molecule has 0 saturated heterocycles. The van der Waals surface area contributed by atoms with E-state index in [1.54, 1.807) is 6.07 Å². The summed E-state index contributed by atoms with van der Waals surface area (Å²) in [6.45, 7) is 3.71. The van der Waals surface area contributed by atoms with Gasteiger partial charge in [-0.2, -0.15) is 0 Å². The average molecular weight is 361 g/mol. The predicted octanol–water partition coefficient (Wildman–Crippen LogP) is 2.31. The highest BCUT2D eigenvalue weighted by Gasteiger charge is 2.23. The quantitative estimate of drug-likeness (QED) is 0.611. The van der Waals surface area contributed by atoms with Gasteiger partial charge < -0.3 is 9.64 Å². The maximum Gasteiger partial charge on any atom is 0.325 e. The first-order valence-electron chi connectivity index (χ1n) is 5.59. The van der Waals surface area contributed by atoms with E-state index in [0.717, 1.165) is 3.57 Å². The van der Waals surface area contributed by atoms with Gasteiger partial charge in [-0.05, 0) is 48.6 Å². The first-order chi connectivity index (χ1) is 8.47. The summed E-state index contributed by atoms with van der Waals surface area (Å²) in [7, 11) is 1.32. The highest BCUT2D eigenvalue weighted by Crippen LogP contribution is 2.15. The van der Waals surface area contributed by atoms with Crippen LogP contribution in [0.15, 0.2) is 24.3 Å². The molecule has 1 aromatic carbocycles. The van der Waals surface area contributed by atoms with E-state index in [9.17, 15) is 9.59 Å². The average Bonchev–Trinajstić information content (AvgIpc) is 2.35. The third-order valence-electron chi connectivity index (χ3n) is 2.52. The molecule has 18 heavy (non-hydrogen) atoms. The highest BCUT2D eigenvalue weighted by molar-refractivity contribution is 14.1. The number of rotatable bonds is 4. The van der Waals surface area contributed by atoms with Crippen LogP contribution in [0.4, 0.5) is 0 Å². The lowest BCUT2D eigenvalue weighted by atomic mass is 10.1. The Kier molecular flexibility index (Phi) is 5.58. The zero-order valence-electron chi connectivity index (χ0n) is 10.6. The first kappa shape index (κ1) is 14.9. The van der Waals surface area contributed by atoms with Crippen LogP contribution in [0.25, 0.3) is 0 Å². The minimum Gasteiger partial charge on any atom is -0.468 e. The lowest BCUT2D eigenvalue weighted by Crippen LogP contribution is -2.41. The molecule has 0 aromatic heterocycles. The van der Waals surface area contributed by atoms with Gasteiger partial charge in [-0.25, -0.2) is 0 Å². The van der Waals surface area contributed by atoms with Crippen molar-refractivity contribution >= 4 is 34.5 Å². The van der Waals surface area contributed by atoms with E-state index in [2.05, 4.69) is 27.3 Å². The van der Waals surface area contributed by atoms with Gasteiger partial charge >= 0.3 is 5.97 Å². The molecule has 0 aliphatic rings. The fraction of sp³-hybridized carbons (Fsp3) is 0.385. The third kappa shape index (κ3) is 3.69. The molecule has 0 unspecified atom stereocenters. The Labute approximate surface area is 120 Å². The van der Waals surface area contributed by atoms with Gasteiger partial charge in [-0.1, -0.05) is 12.1 Å². The van der Waals surface area contributed by atoms with E-state index < -0.39 is 5.97 Å². The maximum atomic E-state index is 12.4. The second kappa shape index (κ2) is 6.72. The van der Waals surface area contributed by atoms with Gasteiger partial charge in [0, 0.05) is 9.61 Å². The summed E-state index contributed by atoms with van der Waals surface area (Å²) in [5.74, 6) is -0.566. The van der Waals surface area contributed by atoms with Gasteiger partial charge in [0.25, 0.3) is 5.91 Å². The summed E-state index contributed by atoms with van der Waals surface area (Å²) in [6, 6.07) is 7.25. The Bertz CT molecular complexity index is 446. The molecule has 1 aromatic rings. The van der Waals surface area contributed by atoms with Gasteiger partial charge in [0.2, 0.25) is 0 Å². The van der Waals surface area contributed by atoms with E-state index in [1.807, 2.05) is 32.0 Å². The number of ether oxygens (including phenoxy) is 1. The summed E-state index contributed by atoms with van der Waals surface area (Å²) in [5.41, 5.74) is 0.607. The predicted molar refractivity (Wildman–Crippen MR) is 77.3 cm³/mol. The van der Waals surface area contributed by atoms with Crippen molar-refractivity contribution in [1.29, 1.82) is 0 Å². The van der Waals surface area contributed by atoms with E-state index >= 15 is 0 Å². The smallest absolute Gasteiger partial charge is 0.325 e. The van der Waals surface area contributed by atoms with Crippen LogP contribution in [0.3, 0.4) is 0 Å². The minimum atomic E-state index is -0.414. The number of hydrogen-bond donors (Lipinski definition) is 0. The van der Waals surface area contributed by atoms with Crippen molar-refractivity contribution < 1.29 is 14.3 Å². The first-order valence-corrected chi connectivity index (χ1v) is 6.67. The van der Waals surface area contributed by atoms with E-state index in [-0.39, 0.29) is 18.5 Å². The molecule has 0 aliphatic heterocycles. The summed E-state index contributed by atoms with van der Waals surface area (Å²) >= 11 is 2.11. The Balaban J connectivity index is 2.97. The zero-order chi connectivity index (χ0) is 13.7. The molecule has 0 radical (unpaired) electrons. The number of methoxy groups -OCH3 is 1. The van der Waals surface area contributed by atoms with Gasteiger partial charge in [-0.15, -0.1) is 0 Å². The largest absolute Gasteiger partial charge is 0.468 e. The van der Waals surface area contributed by atoms with E-state index in [0.29, 0.717) is 5.56 Å². The number of carbonyl (C=O) groups excluding carboxylic acids is 2. The Morgan fingerprint density at radius 2 is 1.94 bits per heavy atom. The molecule has 0 bridgehead atoms. The molecule has 0 heterocycles. The molecule has 0 fully saturated rings. The molecule has 5 heteroatoms. The number of esters is 1. The van der Waals surface area contributed by atoms with Gasteiger partial charge in [0.05, 0.1) is 12.7 Å². The fourth-order valence-electron chi connectivity index (χ4n) is 1.48. The second-order valence-electron chi connectivity index (χ2n) is 4.08. The van der Waals surface area contributed by atoms with Crippen molar-refractivity contribution in [2.24, 2.45) is 0 Å². The number of amides is 1. The molecule has 0 N–H and O–H groups in total. The fourth-order valence-corrected chi connectivity index (χ4v) is 2.10. The molecular weight excluding hydrogens is 345 g/mol. The van der Waals surface area contributed by atoms with E-state index in [1.165, 1.54) is 12.0 Å². The normalized spacial score (nSPS) is 10.3. The Morgan fingerprint density at radius 3 is 2.44 bits per heavy atom. The highest BCUT2D eigenvalue weighted by atomic mass is 127. The van der Waals surface area contributed by atoms with Crippen LogP contribution in [-0.2, 0) is 9.53 Å². The SMILES string of the molecule is COC(=O)CN(C(=O)c1ccccc1I)C(C)C. The molecule has 0 aliphatic carbocycles. The summed E-state index contributed by atoms with van der Waals surface area (Å²) in [5, 5.41) is 0. The van der Waals surface area contributed by atoms with Gasteiger partial charge in [0.1, 0.15) is 6.54 Å². The molecule has 0 saturated carbocycles. The van der Waals surface area contributed by atoms with Crippen molar-refractivity contribution in [2.45, 2.75) is 19.9 Å². The van der Waals surface area contributed by atoms with Crippen LogP contribution in [0, 0.1) is 3.57 Å². The van der Waals surface area contributed by atoms with Crippen LogP contribution in [-0.4, -0.2) is 36.5 Å². The molecule has 98 valence electrons. The van der Waals surface area contributed by atoms with Crippen LogP contribution in [0.2, 0.25) is 0 Å². The topological polar surface area (TPSA) is 46.6 Å². The molecule has 1 rings (SSSR count). The zero-order valence-corrected chi connectivity index (χ0v) is 12.8. The van der Waals surface area contributed by atoms with Crippen molar-refractivity contribution in [3.8, 4) is 0 Å². The van der Waals surface area contributed by atoms with Crippen molar-refractivity contribution in [3.63, 3.8) is 0 Å². The number of carbonyl (C=O) groups is 2. The minimum absolute atomic E-state index is 0.0298. The van der Waals surface area contributed by atoms with Crippen LogP contribution >= 0.6 is 22.6 Å². The molecule has 0 spiro atoms. The standard InChI is InChI=1S/C13H16INO3/c1-9(2)15(8-12(16)18-3)13(17)10-6-4-5-7-11(10)14/h4-7,9H,8H2,1-3H3. The lowest BCUT2D eigenvalue weighted by Gasteiger charge is -2.25. The Hall–Kier alpha value is -1.11. The van der Waals surface area contributed by atoms with Gasteiger partial charge in [0.15, 0.2) is 0 Å². The maximum absolute atomic E-state index is 12.4. The second-order valence-corrected chi connectivity index (χ2v) is 5.24. The number of halogens is 1. The summed E-state index contributed by atoms with van der Waals surface area (Å²) < 4.78 is 5.48. The van der Waals surface area contributed by atoms with Gasteiger partial charge in [-0.3, -0.25) is 9.59 Å². The number of nitrogens with zero attached hydrogens (tertiary/aromatic N) is 1. The Morgan fingerprint density at radius 1 is 1.33 bits per heavy atom. The molecular formula is C13H16INO3. The van der Waals surface area contributed by atoms with Crippen LogP contribution in [0.1, 0.15) is 24.2 Å².